The Kier molecular flexibility index (Phi) is 6.53. The largest absolute Gasteiger partial charge is 0.393 e. The molecule has 3 fully saturated rings. The van der Waals surface area contributed by atoms with E-state index in [-0.39, 0.29) is 12.2 Å². The molecule has 2 nitrogen and oxygen atoms in total. The van der Waals surface area contributed by atoms with E-state index in [9.17, 15) is 10.2 Å². The summed E-state index contributed by atoms with van der Waals surface area (Å²) in [6, 6.07) is 0. The van der Waals surface area contributed by atoms with E-state index in [1.165, 1.54) is 64.2 Å². The summed E-state index contributed by atoms with van der Waals surface area (Å²) in [5.74, 6) is 3.23. The van der Waals surface area contributed by atoms with Gasteiger partial charge in [0.15, 0.2) is 0 Å². The number of fused-ring (bicyclic) bond motifs is 5. The van der Waals surface area contributed by atoms with Gasteiger partial charge in [-0.2, -0.15) is 0 Å². The van der Waals surface area contributed by atoms with Crippen LogP contribution in [0.2, 0.25) is 0 Å². The average Bonchev–Trinajstić information content (AvgIpc) is 3.02. The van der Waals surface area contributed by atoms with Crippen LogP contribution in [0, 0.1) is 34.5 Å². The highest BCUT2D eigenvalue weighted by atomic mass is 16.3. The molecule has 4 aliphatic carbocycles. The lowest BCUT2D eigenvalue weighted by Crippen LogP contribution is -2.50. The summed E-state index contributed by atoms with van der Waals surface area (Å²) in [5, 5.41) is 20.9. The van der Waals surface area contributed by atoms with Gasteiger partial charge in [-0.05, 0) is 98.7 Å². The second-order valence-electron chi connectivity index (χ2n) is 11.7. The monoisotopic (exact) mass is 402 g/mol. The zero-order valence-electron chi connectivity index (χ0n) is 19.3. The van der Waals surface area contributed by atoms with Crippen LogP contribution in [0.5, 0.6) is 0 Å². The summed E-state index contributed by atoms with van der Waals surface area (Å²) in [4.78, 5) is 0. The van der Waals surface area contributed by atoms with Crippen molar-refractivity contribution in [3.63, 3.8) is 0 Å². The van der Waals surface area contributed by atoms with Gasteiger partial charge < -0.3 is 10.2 Å². The molecule has 8 atom stereocenters. The molecule has 29 heavy (non-hydrogen) atoms. The van der Waals surface area contributed by atoms with Gasteiger partial charge in [-0.25, -0.2) is 0 Å². The maximum Gasteiger partial charge on any atom is 0.0577 e. The molecule has 0 spiro atoms. The summed E-state index contributed by atoms with van der Waals surface area (Å²) in [7, 11) is 0. The van der Waals surface area contributed by atoms with E-state index < -0.39 is 0 Å². The molecule has 166 valence electrons. The predicted molar refractivity (Wildman–Crippen MR) is 121 cm³/mol. The number of hydrogen-bond acceptors (Lipinski definition) is 2. The minimum Gasteiger partial charge on any atom is -0.393 e. The SMILES string of the molecule is CCCCCC[C@H](O)C[C@H]1CC[C@H]2[C@@H]3CC=C4C[C@@H](O)CC[C@]4(C)[C@H]3CC[C@]12C. The van der Waals surface area contributed by atoms with Gasteiger partial charge in [-0.3, -0.25) is 0 Å². The molecule has 0 amide bonds. The van der Waals surface area contributed by atoms with E-state index in [1.807, 2.05) is 0 Å². The van der Waals surface area contributed by atoms with Crippen molar-refractivity contribution in [3.05, 3.63) is 11.6 Å². The first-order valence-electron chi connectivity index (χ1n) is 12.9. The van der Waals surface area contributed by atoms with Crippen LogP contribution in [-0.4, -0.2) is 22.4 Å². The Morgan fingerprint density at radius 3 is 2.66 bits per heavy atom. The topological polar surface area (TPSA) is 40.5 Å². The molecule has 0 aromatic rings. The third-order valence-electron chi connectivity index (χ3n) is 10.2. The highest BCUT2D eigenvalue weighted by Crippen LogP contribution is 2.66. The lowest BCUT2D eigenvalue weighted by molar-refractivity contribution is -0.0556. The van der Waals surface area contributed by atoms with Gasteiger partial charge >= 0.3 is 0 Å². The van der Waals surface area contributed by atoms with Crippen molar-refractivity contribution in [2.45, 2.75) is 123 Å². The van der Waals surface area contributed by atoms with Crippen LogP contribution in [-0.2, 0) is 0 Å². The van der Waals surface area contributed by atoms with Crippen LogP contribution in [0.4, 0.5) is 0 Å². The molecule has 0 heterocycles. The molecule has 4 rings (SSSR count). The van der Waals surface area contributed by atoms with E-state index in [1.54, 1.807) is 5.57 Å². The minimum absolute atomic E-state index is 0.0830. The second kappa shape index (κ2) is 8.65. The van der Waals surface area contributed by atoms with Gasteiger partial charge in [-0.15, -0.1) is 0 Å². The Balaban J connectivity index is 1.42. The molecule has 0 bridgehead atoms. The second-order valence-corrected chi connectivity index (χ2v) is 11.7. The van der Waals surface area contributed by atoms with Crippen molar-refractivity contribution in [2.75, 3.05) is 0 Å². The third-order valence-corrected chi connectivity index (χ3v) is 10.2. The van der Waals surface area contributed by atoms with Crippen LogP contribution in [0.3, 0.4) is 0 Å². The average molecular weight is 403 g/mol. The fraction of sp³-hybridized carbons (Fsp3) is 0.926. The predicted octanol–water partition coefficient (Wildman–Crippen LogP) is 6.65. The van der Waals surface area contributed by atoms with Crippen LogP contribution in [0.25, 0.3) is 0 Å². The highest BCUT2D eigenvalue weighted by Gasteiger charge is 2.58. The van der Waals surface area contributed by atoms with E-state index in [4.69, 9.17) is 0 Å². The smallest absolute Gasteiger partial charge is 0.0577 e. The molecule has 3 saturated carbocycles. The van der Waals surface area contributed by atoms with Crippen LogP contribution in [0.1, 0.15) is 111 Å². The van der Waals surface area contributed by atoms with E-state index in [0.29, 0.717) is 10.8 Å². The molecule has 0 aromatic carbocycles. The van der Waals surface area contributed by atoms with Gasteiger partial charge in [0.2, 0.25) is 0 Å². The quantitative estimate of drug-likeness (QED) is 0.370. The summed E-state index contributed by atoms with van der Waals surface area (Å²) in [5.41, 5.74) is 2.38. The fourth-order valence-corrected chi connectivity index (χ4v) is 8.39. The number of allylic oxidation sites excluding steroid dienone is 1. The Bertz CT molecular complexity index is 597. The van der Waals surface area contributed by atoms with Gasteiger partial charge in [0.05, 0.1) is 12.2 Å². The van der Waals surface area contributed by atoms with E-state index >= 15 is 0 Å². The maximum absolute atomic E-state index is 10.7. The number of aliphatic hydroxyl groups excluding tert-OH is 2. The van der Waals surface area contributed by atoms with Crippen molar-refractivity contribution >= 4 is 0 Å². The lowest BCUT2D eigenvalue weighted by atomic mass is 9.47. The molecule has 0 aliphatic heterocycles. The molecule has 2 heteroatoms. The van der Waals surface area contributed by atoms with Crippen LogP contribution < -0.4 is 0 Å². The van der Waals surface area contributed by atoms with Crippen molar-refractivity contribution in [3.8, 4) is 0 Å². The van der Waals surface area contributed by atoms with Gasteiger partial charge in [0, 0.05) is 0 Å². The normalized spacial score (nSPS) is 45.1. The lowest BCUT2D eigenvalue weighted by Gasteiger charge is -2.58. The number of hydrogen-bond donors (Lipinski definition) is 2. The van der Waals surface area contributed by atoms with E-state index in [0.717, 1.165) is 49.4 Å². The van der Waals surface area contributed by atoms with Gasteiger partial charge in [0.1, 0.15) is 0 Å². The number of unbranched alkanes of at least 4 members (excludes halogenated alkanes) is 3. The summed E-state index contributed by atoms with van der Waals surface area (Å²) < 4.78 is 0. The van der Waals surface area contributed by atoms with Crippen molar-refractivity contribution in [2.24, 2.45) is 34.5 Å². The molecule has 0 aromatic heterocycles. The molecule has 0 radical (unpaired) electrons. The number of aliphatic hydroxyl groups is 2. The summed E-state index contributed by atoms with van der Waals surface area (Å²) >= 11 is 0. The third kappa shape index (κ3) is 3.98. The van der Waals surface area contributed by atoms with Crippen LogP contribution >= 0.6 is 0 Å². The zero-order chi connectivity index (χ0) is 20.6. The molecule has 2 N–H and O–H groups in total. The molecule has 0 unspecified atom stereocenters. The maximum atomic E-state index is 10.7. The first kappa shape index (κ1) is 21.9. The zero-order valence-corrected chi connectivity index (χ0v) is 19.3. The van der Waals surface area contributed by atoms with Crippen LogP contribution in [0.15, 0.2) is 11.6 Å². The summed E-state index contributed by atoms with van der Waals surface area (Å²) in [6.45, 7) is 7.36. The van der Waals surface area contributed by atoms with Crippen molar-refractivity contribution < 1.29 is 10.2 Å². The Hall–Kier alpha value is -0.340. The Labute approximate surface area is 179 Å². The highest BCUT2D eigenvalue weighted by molar-refractivity contribution is 5.25. The fourth-order valence-electron chi connectivity index (χ4n) is 8.39. The summed E-state index contributed by atoms with van der Waals surface area (Å²) in [6.07, 6.45) is 19.3. The van der Waals surface area contributed by atoms with Crippen molar-refractivity contribution in [1.29, 1.82) is 0 Å². The number of rotatable bonds is 7. The Morgan fingerprint density at radius 1 is 1.03 bits per heavy atom. The first-order chi connectivity index (χ1) is 13.9. The van der Waals surface area contributed by atoms with E-state index in [2.05, 4.69) is 26.8 Å². The van der Waals surface area contributed by atoms with Crippen molar-refractivity contribution in [1.82, 2.24) is 0 Å². The molecular weight excluding hydrogens is 356 g/mol. The first-order valence-corrected chi connectivity index (χ1v) is 12.9. The molecule has 0 saturated heterocycles. The minimum atomic E-state index is -0.102. The Morgan fingerprint density at radius 2 is 1.86 bits per heavy atom. The standard InChI is InChI=1S/C27H46O2/c1-4-5-6-7-8-21(28)17-20-10-12-24-23-11-9-19-18-22(29)13-15-26(19,2)25(23)14-16-27(20,24)3/h9,20-25,28-29H,4-8,10-18H2,1-3H3/t20-,21+,22+,23+,24+,25+,26+,27-/m1/s1. The van der Waals surface area contributed by atoms with Gasteiger partial charge in [-0.1, -0.05) is 58.1 Å². The van der Waals surface area contributed by atoms with Gasteiger partial charge in [0.25, 0.3) is 0 Å². The molecular formula is C27H46O2. The molecule has 4 aliphatic rings.